The summed E-state index contributed by atoms with van der Waals surface area (Å²) in [5.41, 5.74) is 0. The van der Waals surface area contributed by atoms with Crippen molar-refractivity contribution in [3.63, 3.8) is 0 Å². The van der Waals surface area contributed by atoms with E-state index in [1.807, 2.05) is 0 Å². The fourth-order valence-electron chi connectivity index (χ4n) is 0. The Bertz CT molecular complexity index is 59.5. The van der Waals surface area contributed by atoms with Crippen LogP contribution in [0.2, 0.25) is 0 Å². The largest absolute Gasteiger partial charge is 2.00 e. The maximum atomic E-state index is 7.50. The molecule has 66 valence electrons. The maximum Gasteiger partial charge on any atom is 2.00 e. The van der Waals surface area contributed by atoms with Crippen LogP contribution in [0, 0.1) is 26.6 Å². The minimum absolute atomic E-state index is 0. The van der Waals surface area contributed by atoms with Gasteiger partial charge in [0.1, 0.15) is 0 Å². The molecule has 0 bridgehead atoms. The van der Waals surface area contributed by atoms with Gasteiger partial charge in [0.25, 0.3) is 0 Å². The first-order valence-electron chi connectivity index (χ1n) is 0.816. The minimum Gasteiger partial charge on any atom is 0 e. The van der Waals surface area contributed by atoms with Gasteiger partial charge in [-0.1, -0.05) is 7.43 Å². The van der Waals surface area contributed by atoms with Gasteiger partial charge in [0.2, 0.25) is 0 Å². The van der Waals surface area contributed by atoms with Gasteiger partial charge in [-0.25, -0.2) is 0 Å². The molecule has 0 aliphatic carbocycles. The van der Waals surface area contributed by atoms with E-state index in [-0.39, 0.29) is 40.4 Å². The molecule has 0 aliphatic rings. The van der Waals surface area contributed by atoms with Gasteiger partial charge in [-0.2, -0.15) is 0 Å². The SMILES string of the molecule is C.[C-]#[O+].[C-]#[O+].[C-]#[O+].[C-]#[O+].[Ni+2].[Ni]. The van der Waals surface area contributed by atoms with E-state index in [0.717, 1.165) is 0 Å². The second-order valence-corrected chi connectivity index (χ2v) is 0. The van der Waals surface area contributed by atoms with E-state index in [0.29, 0.717) is 0 Å². The molecule has 0 N–H and O–H groups in total. The van der Waals surface area contributed by atoms with E-state index in [2.05, 4.69) is 26.6 Å². The molecule has 6 heteroatoms. The monoisotopic (exact) mass is 244 g/mol. The van der Waals surface area contributed by atoms with Crippen molar-refractivity contribution in [3.05, 3.63) is 26.6 Å². The van der Waals surface area contributed by atoms with Crippen LogP contribution in [0.4, 0.5) is 0 Å². The molecule has 0 aromatic heterocycles. The molecule has 0 atom stereocenters. The summed E-state index contributed by atoms with van der Waals surface area (Å²) in [6, 6.07) is 0. The van der Waals surface area contributed by atoms with Gasteiger partial charge < -0.3 is 0 Å². The fraction of sp³-hybridized carbons (Fsp3) is 0.200. The van der Waals surface area contributed by atoms with Crippen molar-refractivity contribution < 1.29 is 51.6 Å². The summed E-state index contributed by atoms with van der Waals surface area (Å²) in [7, 11) is 0. The van der Waals surface area contributed by atoms with Gasteiger partial charge in [-0.15, -0.1) is 0 Å². The molecule has 0 fully saturated rings. The summed E-state index contributed by atoms with van der Waals surface area (Å²) in [6.07, 6.45) is 0. The molecule has 0 saturated heterocycles. The minimum atomic E-state index is 0. The molecule has 0 saturated carbocycles. The second kappa shape index (κ2) is 284000. The molecular weight excluding hydrogens is 241 g/mol. The van der Waals surface area contributed by atoms with Crippen LogP contribution >= 0.6 is 0 Å². The molecule has 0 aliphatic heterocycles. The third-order valence-corrected chi connectivity index (χ3v) is 0. The van der Waals surface area contributed by atoms with E-state index >= 15 is 0 Å². The zero-order chi connectivity index (χ0) is 8.00. The molecule has 11 heavy (non-hydrogen) atoms. The number of hydrogen-bond acceptors (Lipinski definition) is 0. The Kier molecular flexibility index (Phi) is 1790000. The number of rotatable bonds is 0. The van der Waals surface area contributed by atoms with Gasteiger partial charge in [-0.3, -0.25) is 0 Å². The smallest absolute Gasteiger partial charge is 0 e. The van der Waals surface area contributed by atoms with Crippen LogP contribution in [0.1, 0.15) is 7.43 Å². The van der Waals surface area contributed by atoms with Crippen molar-refractivity contribution in [2.45, 2.75) is 7.43 Å². The topological polar surface area (TPSA) is 79.6 Å². The third-order valence-electron chi connectivity index (χ3n) is 0. The molecule has 0 aromatic carbocycles. The van der Waals surface area contributed by atoms with Crippen LogP contribution in [0.15, 0.2) is 0 Å². The average molecular weight is 245 g/mol. The number of hydrogen-bond donors (Lipinski definition) is 0. The van der Waals surface area contributed by atoms with Crippen molar-refractivity contribution in [3.8, 4) is 0 Å². The summed E-state index contributed by atoms with van der Waals surface area (Å²) in [5.74, 6) is 0. The summed E-state index contributed by atoms with van der Waals surface area (Å²) in [5, 5.41) is 0. The molecule has 0 heterocycles. The summed E-state index contributed by atoms with van der Waals surface area (Å²) in [4.78, 5) is 0. The molecule has 4 nitrogen and oxygen atoms in total. The zero-order valence-corrected chi connectivity index (χ0v) is 6.24. The molecule has 0 spiro atoms. The van der Waals surface area contributed by atoms with E-state index in [1.165, 1.54) is 0 Å². The predicted octanol–water partition coefficient (Wildman–Crippen LogP) is 0.481. The quantitative estimate of drug-likeness (QED) is 0.338. The Balaban J connectivity index is -0.00000000356. The van der Waals surface area contributed by atoms with Crippen LogP contribution in [0.3, 0.4) is 0 Å². The normalized spacial score (nSPS) is 0.727. The molecule has 0 amide bonds. The van der Waals surface area contributed by atoms with Crippen LogP contribution in [0.5, 0.6) is 0 Å². The van der Waals surface area contributed by atoms with Crippen molar-refractivity contribution in [1.82, 2.24) is 0 Å². The molecule has 0 unspecified atom stereocenters. The molecule has 0 radical (unpaired) electrons. The summed E-state index contributed by atoms with van der Waals surface area (Å²) < 4.78 is 30.0. The Morgan fingerprint density at radius 1 is 0.545 bits per heavy atom. The van der Waals surface area contributed by atoms with Gasteiger partial charge in [0.05, 0.1) is 0 Å². The predicted molar refractivity (Wildman–Crippen MR) is 22.4 cm³/mol. The van der Waals surface area contributed by atoms with Crippen molar-refractivity contribution in [2.24, 2.45) is 0 Å². The zero-order valence-electron chi connectivity index (χ0n) is 4.27. The first-order chi connectivity index (χ1) is 4.00. The Labute approximate surface area is 85.8 Å². The van der Waals surface area contributed by atoms with Crippen LogP contribution < -0.4 is 0 Å². The molecule has 0 aromatic rings. The maximum absolute atomic E-state index is 7.50. The average Bonchev–Trinajstić information content (AvgIpc) is 2.03. The van der Waals surface area contributed by atoms with Crippen LogP contribution in [-0.4, -0.2) is 0 Å². The van der Waals surface area contributed by atoms with E-state index in [4.69, 9.17) is 18.6 Å². The fourth-order valence-corrected chi connectivity index (χ4v) is 0. The van der Waals surface area contributed by atoms with Gasteiger partial charge in [-0.05, 0) is 0 Å². The van der Waals surface area contributed by atoms with E-state index in [9.17, 15) is 0 Å². The van der Waals surface area contributed by atoms with Gasteiger partial charge in [0, 0.05) is 16.5 Å². The van der Waals surface area contributed by atoms with Gasteiger partial charge >= 0.3 is 61.7 Å². The Morgan fingerprint density at radius 2 is 0.545 bits per heavy atom. The van der Waals surface area contributed by atoms with Crippen LogP contribution in [0.25, 0.3) is 0 Å². The van der Waals surface area contributed by atoms with E-state index < -0.39 is 0 Å². The van der Waals surface area contributed by atoms with Crippen molar-refractivity contribution in [2.75, 3.05) is 0 Å². The Morgan fingerprint density at radius 3 is 0.545 bits per heavy atom. The standard InChI is InChI=1S/4CO.CH4.2Ni/c4*1-2;;;/h;;;;1H4;;/q;;;;;;+2. The first kappa shape index (κ1) is 69.5. The summed E-state index contributed by atoms with van der Waals surface area (Å²) in [6.45, 7) is 18.0. The van der Waals surface area contributed by atoms with Crippen molar-refractivity contribution >= 4 is 0 Å². The first-order valence-corrected chi connectivity index (χ1v) is 0.816. The summed E-state index contributed by atoms with van der Waals surface area (Å²) >= 11 is 0. The second-order valence-electron chi connectivity index (χ2n) is 0. The van der Waals surface area contributed by atoms with Gasteiger partial charge in [0.15, 0.2) is 0 Å². The van der Waals surface area contributed by atoms with Crippen molar-refractivity contribution in [1.29, 1.82) is 0 Å². The Hall–Kier alpha value is -0.0530. The van der Waals surface area contributed by atoms with E-state index in [1.54, 1.807) is 0 Å². The van der Waals surface area contributed by atoms with Crippen LogP contribution in [-0.2, 0) is 51.6 Å². The third kappa shape index (κ3) is 224000. The molecular formula is C5H4Ni2O4+2. The molecule has 0 rings (SSSR count).